The fourth-order valence-electron chi connectivity index (χ4n) is 4.37. The van der Waals surface area contributed by atoms with Crippen molar-refractivity contribution in [2.24, 2.45) is 0 Å². The Bertz CT molecular complexity index is 1240. The highest BCUT2D eigenvalue weighted by atomic mass is 16.5. The first-order valence-electron chi connectivity index (χ1n) is 10.8. The number of rotatable bonds is 5. The highest BCUT2D eigenvalue weighted by Gasteiger charge is 2.22. The van der Waals surface area contributed by atoms with E-state index in [-0.39, 0.29) is 0 Å². The molecule has 3 heterocycles. The molecule has 0 atom stereocenters. The number of anilines is 2. The van der Waals surface area contributed by atoms with E-state index in [0.29, 0.717) is 12.5 Å². The summed E-state index contributed by atoms with van der Waals surface area (Å²) in [5.74, 6) is 2.04. The van der Waals surface area contributed by atoms with E-state index in [1.807, 2.05) is 37.3 Å². The molecule has 31 heavy (non-hydrogen) atoms. The van der Waals surface area contributed by atoms with Crippen LogP contribution in [0.4, 0.5) is 11.6 Å². The van der Waals surface area contributed by atoms with Gasteiger partial charge in [-0.25, -0.2) is 4.98 Å². The Balaban J connectivity index is 1.75. The van der Waals surface area contributed by atoms with Crippen molar-refractivity contribution in [1.82, 2.24) is 15.0 Å². The van der Waals surface area contributed by atoms with Gasteiger partial charge in [0.25, 0.3) is 0 Å². The first-order chi connectivity index (χ1) is 15.2. The van der Waals surface area contributed by atoms with Gasteiger partial charge in [-0.2, -0.15) is 4.98 Å². The second-order valence-corrected chi connectivity index (χ2v) is 7.85. The molecule has 160 valence electrons. The van der Waals surface area contributed by atoms with E-state index in [1.54, 1.807) is 7.11 Å². The second-order valence-electron chi connectivity index (χ2n) is 7.85. The van der Waals surface area contributed by atoms with Crippen molar-refractivity contribution in [2.45, 2.75) is 26.2 Å². The molecule has 1 saturated heterocycles. The number of benzene rings is 2. The molecule has 1 fully saturated rings. The lowest BCUT2D eigenvalue weighted by atomic mass is 10.0. The van der Waals surface area contributed by atoms with Crippen LogP contribution >= 0.6 is 0 Å². The van der Waals surface area contributed by atoms with Crippen molar-refractivity contribution in [3.05, 3.63) is 36.4 Å². The molecule has 1 aliphatic heterocycles. The maximum Gasteiger partial charge on any atom is 0.243 e. The second kappa shape index (κ2) is 7.98. The smallest absolute Gasteiger partial charge is 0.243 e. The Labute approximate surface area is 181 Å². The minimum absolute atomic E-state index is 0.532. The summed E-state index contributed by atoms with van der Waals surface area (Å²) < 4.78 is 11.7. The number of ether oxygens (including phenoxy) is 2. The molecule has 0 bridgehead atoms. The van der Waals surface area contributed by atoms with Crippen LogP contribution in [0.5, 0.6) is 11.6 Å². The van der Waals surface area contributed by atoms with Crippen LogP contribution in [0.2, 0.25) is 0 Å². The Hall–Kier alpha value is -3.48. The summed E-state index contributed by atoms with van der Waals surface area (Å²) in [5, 5.41) is 0.928. The molecule has 0 saturated carbocycles. The van der Waals surface area contributed by atoms with E-state index in [9.17, 15) is 0 Å². The number of fused-ring (bicyclic) bond motifs is 3. The summed E-state index contributed by atoms with van der Waals surface area (Å²) in [5.41, 5.74) is 11.4. The van der Waals surface area contributed by atoms with Gasteiger partial charge in [-0.05, 0) is 49.9 Å². The number of aromatic amines is 1. The lowest BCUT2D eigenvalue weighted by molar-refractivity contribution is 0.330. The zero-order valence-corrected chi connectivity index (χ0v) is 17.9. The van der Waals surface area contributed by atoms with E-state index < -0.39 is 0 Å². The predicted molar refractivity (Wildman–Crippen MR) is 125 cm³/mol. The van der Waals surface area contributed by atoms with Crippen molar-refractivity contribution < 1.29 is 9.47 Å². The quantitative estimate of drug-likeness (QED) is 0.455. The maximum absolute atomic E-state index is 6.23. The summed E-state index contributed by atoms with van der Waals surface area (Å²) >= 11 is 0. The molecule has 7 nitrogen and oxygen atoms in total. The Morgan fingerprint density at radius 2 is 1.90 bits per heavy atom. The van der Waals surface area contributed by atoms with Crippen LogP contribution < -0.4 is 20.1 Å². The zero-order valence-electron chi connectivity index (χ0n) is 17.9. The standard InChI is InChI=1S/C24H27N5O2/c1-3-31-23-22-21(27-24(28-23)29-11-7-4-8-12-29)20-18(26-22)13-15(14-19(20)30-2)16-9-5-6-10-17(16)25/h5-6,9-10,13-14,26H,3-4,7-8,11-12,25H2,1-2H3. The summed E-state index contributed by atoms with van der Waals surface area (Å²) in [7, 11) is 1.68. The number of nitrogens with one attached hydrogen (secondary N) is 1. The molecule has 7 heteroatoms. The van der Waals surface area contributed by atoms with Gasteiger partial charge in [-0.3, -0.25) is 0 Å². The van der Waals surface area contributed by atoms with Gasteiger partial charge in [0.2, 0.25) is 11.8 Å². The Morgan fingerprint density at radius 3 is 2.65 bits per heavy atom. The van der Waals surface area contributed by atoms with Crippen molar-refractivity contribution in [2.75, 3.05) is 37.4 Å². The van der Waals surface area contributed by atoms with Crippen LogP contribution in [0.3, 0.4) is 0 Å². The van der Waals surface area contributed by atoms with Crippen molar-refractivity contribution in [3.8, 4) is 22.8 Å². The van der Waals surface area contributed by atoms with Gasteiger partial charge in [-0.1, -0.05) is 18.2 Å². The van der Waals surface area contributed by atoms with Gasteiger partial charge < -0.3 is 25.1 Å². The van der Waals surface area contributed by atoms with Crippen LogP contribution in [0.15, 0.2) is 36.4 Å². The van der Waals surface area contributed by atoms with Crippen molar-refractivity contribution in [3.63, 3.8) is 0 Å². The predicted octanol–water partition coefficient (Wildman–Crippen LogP) is 4.76. The average Bonchev–Trinajstić information content (AvgIpc) is 3.18. The van der Waals surface area contributed by atoms with Gasteiger partial charge >= 0.3 is 0 Å². The third kappa shape index (κ3) is 3.40. The van der Waals surface area contributed by atoms with Gasteiger partial charge in [0, 0.05) is 24.3 Å². The summed E-state index contributed by atoms with van der Waals surface area (Å²) in [6.07, 6.45) is 3.57. The highest BCUT2D eigenvalue weighted by molar-refractivity contribution is 6.11. The molecule has 0 aliphatic carbocycles. The molecule has 0 unspecified atom stereocenters. The topological polar surface area (TPSA) is 89.3 Å². The van der Waals surface area contributed by atoms with E-state index in [4.69, 9.17) is 25.2 Å². The first-order valence-corrected chi connectivity index (χ1v) is 10.8. The number of nitrogen functional groups attached to an aromatic ring is 1. The molecule has 4 aromatic rings. The number of para-hydroxylation sites is 1. The molecular formula is C24H27N5O2. The minimum atomic E-state index is 0.532. The van der Waals surface area contributed by atoms with Crippen molar-refractivity contribution in [1.29, 1.82) is 0 Å². The molecule has 1 aliphatic rings. The Morgan fingerprint density at radius 1 is 1.10 bits per heavy atom. The summed E-state index contributed by atoms with van der Waals surface area (Å²) in [6, 6.07) is 11.9. The summed E-state index contributed by atoms with van der Waals surface area (Å²) in [6.45, 7) is 4.43. The molecule has 0 amide bonds. The number of H-pyrrole nitrogens is 1. The lowest BCUT2D eigenvalue weighted by Gasteiger charge is -2.26. The number of hydrogen-bond donors (Lipinski definition) is 2. The third-order valence-corrected chi connectivity index (χ3v) is 5.87. The summed E-state index contributed by atoms with van der Waals surface area (Å²) in [4.78, 5) is 15.4. The SMILES string of the molecule is CCOc1nc(N2CCCCC2)nc2c1[nH]c1cc(-c3ccccc3N)cc(OC)c12. The molecule has 5 rings (SSSR count). The fraction of sp³-hybridized carbons (Fsp3) is 0.333. The van der Waals surface area contributed by atoms with Crippen LogP contribution in [-0.4, -0.2) is 41.8 Å². The van der Waals surface area contributed by atoms with Crippen LogP contribution in [0, 0.1) is 0 Å². The van der Waals surface area contributed by atoms with Gasteiger partial charge in [0.05, 0.1) is 24.6 Å². The molecule has 2 aromatic heterocycles. The molecule has 3 N–H and O–H groups in total. The van der Waals surface area contributed by atoms with Crippen LogP contribution in [0.1, 0.15) is 26.2 Å². The molecule has 0 radical (unpaired) electrons. The van der Waals surface area contributed by atoms with Gasteiger partial charge in [0.15, 0.2) is 0 Å². The zero-order chi connectivity index (χ0) is 21.4. The fourth-order valence-corrected chi connectivity index (χ4v) is 4.37. The maximum atomic E-state index is 6.23. The first kappa shape index (κ1) is 19.5. The normalized spacial score (nSPS) is 14.3. The van der Waals surface area contributed by atoms with Crippen LogP contribution in [-0.2, 0) is 0 Å². The number of nitrogens with zero attached hydrogens (tertiary/aromatic N) is 3. The number of aromatic nitrogens is 3. The molecule has 0 spiro atoms. The highest BCUT2D eigenvalue weighted by Crippen LogP contribution is 2.40. The van der Waals surface area contributed by atoms with Gasteiger partial charge in [0.1, 0.15) is 16.8 Å². The number of methoxy groups -OCH3 is 1. The van der Waals surface area contributed by atoms with Crippen molar-refractivity contribution >= 4 is 33.6 Å². The van der Waals surface area contributed by atoms with E-state index in [2.05, 4.69) is 16.0 Å². The van der Waals surface area contributed by atoms with E-state index >= 15 is 0 Å². The van der Waals surface area contributed by atoms with Crippen LogP contribution in [0.25, 0.3) is 33.1 Å². The number of hydrogen-bond acceptors (Lipinski definition) is 6. The minimum Gasteiger partial charge on any atom is -0.496 e. The van der Waals surface area contributed by atoms with E-state index in [1.165, 1.54) is 6.42 Å². The van der Waals surface area contributed by atoms with E-state index in [0.717, 1.165) is 76.4 Å². The Kier molecular flexibility index (Phi) is 5.02. The average molecular weight is 418 g/mol. The number of piperidine rings is 1. The lowest BCUT2D eigenvalue weighted by Crippen LogP contribution is -2.31. The van der Waals surface area contributed by atoms with Gasteiger partial charge in [-0.15, -0.1) is 0 Å². The number of nitrogens with two attached hydrogens (primary N) is 1. The largest absolute Gasteiger partial charge is 0.496 e. The molecular weight excluding hydrogens is 390 g/mol. The molecule has 2 aromatic carbocycles. The third-order valence-electron chi connectivity index (χ3n) is 5.87. The monoisotopic (exact) mass is 417 g/mol.